The zero-order chi connectivity index (χ0) is 16.6. The number of hydrogen-bond acceptors (Lipinski definition) is 4. The number of nitrogens with one attached hydrogen (secondary N) is 1. The average molecular weight is 326 g/mol. The van der Waals surface area contributed by atoms with Crippen LogP contribution in [0.25, 0.3) is 0 Å². The third kappa shape index (κ3) is 4.47. The van der Waals surface area contributed by atoms with Crippen LogP contribution in [0.1, 0.15) is 30.5 Å². The number of hydrogen-bond donors (Lipinski definition) is 1. The van der Waals surface area contributed by atoms with E-state index in [1.54, 1.807) is 6.20 Å². The van der Waals surface area contributed by atoms with Crippen molar-refractivity contribution in [3.8, 4) is 11.5 Å². The summed E-state index contributed by atoms with van der Waals surface area (Å²) in [5.74, 6) is 1.55. The minimum atomic E-state index is 0.0399. The van der Waals surface area contributed by atoms with Gasteiger partial charge in [0.25, 0.3) is 0 Å². The number of carbonyl (C=O) groups is 1. The first kappa shape index (κ1) is 16.3. The van der Waals surface area contributed by atoms with Crippen LogP contribution < -0.4 is 14.8 Å². The minimum Gasteiger partial charge on any atom is -0.490 e. The Bertz CT molecular complexity index is 674. The van der Waals surface area contributed by atoms with Gasteiger partial charge in [-0.3, -0.25) is 9.78 Å². The number of amides is 1. The molecule has 0 unspecified atom stereocenters. The first-order valence-corrected chi connectivity index (χ1v) is 8.37. The number of nitrogens with zero attached hydrogens (tertiary/aromatic N) is 1. The molecule has 1 amide bonds. The van der Waals surface area contributed by atoms with Gasteiger partial charge in [-0.1, -0.05) is 18.2 Å². The molecule has 0 atom stereocenters. The van der Waals surface area contributed by atoms with E-state index in [2.05, 4.69) is 10.3 Å². The molecule has 1 N–H and O–H groups in total. The Hall–Kier alpha value is -2.56. The number of ether oxygens (including phenoxy) is 2. The first-order chi connectivity index (χ1) is 11.8. The maximum Gasteiger partial charge on any atom is 0.220 e. The predicted molar refractivity (Wildman–Crippen MR) is 91.1 cm³/mol. The molecule has 5 nitrogen and oxygen atoms in total. The van der Waals surface area contributed by atoms with Gasteiger partial charge in [-0.05, 0) is 31.0 Å². The van der Waals surface area contributed by atoms with Gasteiger partial charge in [0.15, 0.2) is 11.5 Å². The van der Waals surface area contributed by atoms with E-state index in [1.165, 1.54) is 0 Å². The highest BCUT2D eigenvalue weighted by atomic mass is 16.5. The van der Waals surface area contributed by atoms with E-state index in [1.807, 2.05) is 36.4 Å². The Labute approximate surface area is 142 Å². The van der Waals surface area contributed by atoms with E-state index < -0.39 is 0 Å². The molecule has 1 aliphatic rings. The van der Waals surface area contributed by atoms with Crippen LogP contribution >= 0.6 is 0 Å². The highest BCUT2D eigenvalue weighted by Crippen LogP contribution is 2.33. The molecule has 3 rings (SSSR count). The Morgan fingerprint density at radius 2 is 2.04 bits per heavy atom. The second-order valence-corrected chi connectivity index (χ2v) is 5.75. The normalized spacial score (nSPS) is 13.2. The molecule has 0 spiro atoms. The number of para-hydroxylation sites is 1. The molecule has 1 aromatic heterocycles. The molecular formula is C19H22N2O3. The topological polar surface area (TPSA) is 60.5 Å². The summed E-state index contributed by atoms with van der Waals surface area (Å²) >= 11 is 0. The van der Waals surface area contributed by atoms with Crippen molar-refractivity contribution in [2.45, 2.75) is 32.2 Å². The molecule has 0 bridgehead atoms. The highest BCUT2D eigenvalue weighted by Gasteiger charge is 2.14. The molecule has 1 aromatic carbocycles. The standard InChI is InChI=1S/C19H22N2O3/c22-18(10-4-8-16-7-1-2-11-20-16)21-14-15-6-3-9-17-19(15)24-13-5-12-23-17/h1-3,6-7,9,11H,4-5,8,10,12-14H2,(H,21,22). The molecule has 0 saturated heterocycles. The second-order valence-electron chi connectivity index (χ2n) is 5.75. The number of fused-ring (bicyclic) bond motifs is 1. The molecule has 1 aliphatic heterocycles. The third-order valence-corrected chi connectivity index (χ3v) is 3.89. The van der Waals surface area contributed by atoms with Crippen LogP contribution in [0.4, 0.5) is 0 Å². The van der Waals surface area contributed by atoms with Gasteiger partial charge >= 0.3 is 0 Å². The third-order valence-electron chi connectivity index (χ3n) is 3.89. The molecular weight excluding hydrogens is 304 g/mol. The molecule has 2 aromatic rings. The van der Waals surface area contributed by atoms with E-state index >= 15 is 0 Å². The summed E-state index contributed by atoms with van der Waals surface area (Å²) in [4.78, 5) is 16.3. The van der Waals surface area contributed by atoms with Crippen LogP contribution in [-0.2, 0) is 17.8 Å². The Balaban J connectivity index is 1.48. The van der Waals surface area contributed by atoms with E-state index in [-0.39, 0.29) is 5.91 Å². The van der Waals surface area contributed by atoms with Gasteiger partial charge in [0.1, 0.15) is 0 Å². The lowest BCUT2D eigenvalue weighted by atomic mass is 10.1. The summed E-state index contributed by atoms with van der Waals surface area (Å²) in [6, 6.07) is 11.6. The molecule has 126 valence electrons. The SMILES string of the molecule is O=C(CCCc1ccccn1)NCc1cccc2c1OCCCO2. The Morgan fingerprint density at radius 1 is 1.12 bits per heavy atom. The Kier molecular flexibility index (Phi) is 5.66. The number of pyridine rings is 1. The van der Waals surface area contributed by atoms with Crippen molar-refractivity contribution in [1.82, 2.24) is 10.3 Å². The molecule has 0 aliphatic carbocycles. The van der Waals surface area contributed by atoms with Crippen LogP contribution in [0.15, 0.2) is 42.6 Å². The fraction of sp³-hybridized carbons (Fsp3) is 0.368. The van der Waals surface area contributed by atoms with Crippen molar-refractivity contribution in [1.29, 1.82) is 0 Å². The zero-order valence-corrected chi connectivity index (χ0v) is 13.7. The van der Waals surface area contributed by atoms with Crippen molar-refractivity contribution in [3.05, 3.63) is 53.9 Å². The number of aromatic nitrogens is 1. The van der Waals surface area contributed by atoms with Crippen LogP contribution in [0.3, 0.4) is 0 Å². The van der Waals surface area contributed by atoms with Crippen molar-refractivity contribution < 1.29 is 14.3 Å². The lowest BCUT2D eigenvalue weighted by Crippen LogP contribution is -2.23. The summed E-state index contributed by atoms with van der Waals surface area (Å²) in [5.41, 5.74) is 1.97. The van der Waals surface area contributed by atoms with Gasteiger partial charge in [-0.2, -0.15) is 0 Å². The highest BCUT2D eigenvalue weighted by molar-refractivity contribution is 5.76. The van der Waals surface area contributed by atoms with Crippen molar-refractivity contribution in [2.24, 2.45) is 0 Å². The summed E-state index contributed by atoms with van der Waals surface area (Å²) in [7, 11) is 0. The second kappa shape index (κ2) is 8.34. The van der Waals surface area contributed by atoms with E-state index in [0.29, 0.717) is 26.2 Å². The quantitative estimate of drug-likeness (QED) is 0.887. The fourth-order valence-corrected chi connectivity index (χ4v) is 2.65. The zero-order valence-electron chi connectivity index (χ0n) is 13.7. The van der Waals surface area contributed by atoms with Crippen LogP contribution in [0, 0.1) is 0 Å². The molecule has 0 saturated carbocycles. The molecule has 0 fully saturated rings. The number of benzene rings is 1. The predicted octanol–water partition coefficient (Wildman–Crippen LogP) is 2.88. The smallest absolute Gasteiger partial charge is 0.220 e. The van der Waals surface area contributed by atoms with Gasteiger partial charge in [-0.25, -0.2) is 0 Å². The van der Waals surface area contributed by atoms with Crippen molar-refractivity contribution in [3.63, 3.8) is 0 Å². The number of carbonyl (C=O) groups excluding carboxylic acids is 1. The summed E-state index contributed by atoms with van der Waals surface area (Å²) < 4.78 is 11.4. The minimum absolute atomic E-state index is 0.0399. The van der Waals surface area contributed by atoms with Gasteiger partial charge < -0.3 is 14.8 Å². The number of aryl methyl sites for hydroxylation is 1. The van der Waals surface area contributed by atoms with Gasteiger partial charge in [0, 0.05) is 36.8 Å². The van der Waals surface area contributed by atoms with Crippen LogP contribution in [0.5, 0.6) is 11.5 Å². The largest absolute Gasteiger partial charge is 0.490 e. The lowest BCUT2D eigenvalue weighted by molar-refractivity contribution is -0.121. The molecule has 0 radical (unpaired) electrons. The van der Waals surface area contributed by atoms with Crippen molar-refractivity contribution in [2.75, 3.05) is 13.2 Å². The molecule has 5 heteroatoms. The van der Waals surface area contributed by atoms with Crippen LogP contribution in [0.2, 0.25) is 0 Å². The van der Waals surface area contributed by atoms with Crippen molar-refractivity contribution >= 4 is 5.91 Å². The van der Waals surface area contributed by atoms with Crippen LogP contribution in [-0.4, -0.2) is 24.1 Å². The maximum absolute atomic E-state index is 12.0. The van der Waals surface area contributed by atoms with Gasteiger partial charge in [-0.15, -0.1) is 0 Å². The average Bonchev–Trinajstić information content (AvgIpc) is 2.87. The lowest BCUT2D eigenvalue weighted by Gasteiger charge is -2.13. The Morgan fingerprint density at radius 3 is 2.92 bits per heavy atom. The van der Waals surface area contributed by atoms with Gasteiger partial charge in [0.05, 0.1) is 13.2 Å². The fourth-order valence-electron chi connectivity index (χ4n) is 2.65. The summed E-state index contributed by atoms with van der Waals surface area (Å²) in [5, 5.41) is 2.96. The maximum atomic E-state index is 12.0. The molecule has 24 heavy (non-hydrogen) atoms. The number of rotatable bonds is 6. The van der Waals surface area contributed by atoms with E-state index in [4.69, 9.17) is 9.47 Å². The van der Waals surface area contributed by atoms with E-state index in [9.17, 15) is 4.79 Å². The first-order valence-electron chi connectivity index (χ1n) is 8.37. The molecule has 2 heterocycles. The van der Waals surface area contributed by atoms with Gasteiger partial charge in [0.2, 0.25) is 5.91 Å². The summed E-state index contributed by atoms with van der Waals surface area (Å²) in [6.07, 6.45) is 4.73. The summed E-state index contributed by atoms with van der Waals surface area (Å²) in [6.45, 7) is 1.76. The monoisotopic (exact) mass is 326 g/mol. The van der Waals surface area contributed by atoms with E-state index in [0.717, 1.165) is 42.0 Å².